The molecule has 2 heterocycles. The molecule has 0 unspecified atom stereocenters. The summed E-state index contributed by atoms with van der Waals surface area (Å²) >= 11 is 1.28. The van der Waals surface area contributed by atoms with Crippen molar-refractivity contribution in [2.45, 2.75) is 32.2 Å². The highest BCUT2D eigenvalue weighted by Gasteiger charge is 2.29. The number of rotatable bonds is 4. The average molecular weight is 359 g/mol. The molecule has 9 heteroatoms. The van der Waals surface area contributed by atoms with Gasteiger partial charge in [-0.25, -0.2) is 0 Å². The number of anilines is 2. The number of hydrogen-bond donors (Lipinski definition) is 3. The van der Waals surface area contributed by atoms with Crippen LogP contribution in [0.15, 0.2) is 24.3 Å². The molecule has 3 N–H and O–H groups in total. The summed E-state index contributed by atoms with van der Waals surface area (Å²) in [5.41, 5.74) is 0.795. The third-order valence-electron chi connectivity index (χ3n) is 3.62. The smallest absolute Gasteiger partial charge is 0.254 e. The Kier molecular flexibility index (Phi) is 4.75. The molecule has 8 nitrogen and oxygen atoms in total. The molecular formula is C16H17N5O3S. The summed E-state index contributed by atoms with van der Waals surface area (Å²) in [7, 11) is 0. The standard InChI is InChI=1S/C16H17N5O3S/c1-8(2)15-20-21-16(25-15)19-12(22)7-11-14(24)17-10-6-4-3-5-9(10)13(23)18-11/h3-6,8,11H,7H2,1-2H3,(H,17,24)(H,18,23)(H,19,21,22)/t11-/m1/s1. The topological polar surface area (TPSA) is 113 Å². The minimum absolute atomic E-state index is 0.192. The van der Waals surface area contributed by atoms with Gasteiger partial charge >= 0.3 is 0 Å². The largest absolute Gasteiger partial charge is 0.340 e. The van der Waals surface area contributed by atoms with E-state index in [2.05, 4.69) is 26.1 Å². The first-order valence-corrected chi connectivity index (χ1v) is 8.59. The fraction of sp³-hybridized carbons (Fsp3) is 0.312. The second-order valence-electron chi connectivity index (χ2n) is 5.91. The first kappa shape index (κ1) is 17.0. The molecule has 0 bridgehead atoms. The molecule has 0 saturated carbocycles. The maximum atomic E-state index is 12.3. The molecule has 3 rings (SSSR count). The van der Waals surface area contributed by atoms with E-state index in [1.807, 2.05) is 13.8 Å². The molecule has 25 heavy (non-hydrogen) atoms. The quantitative estimate of drug-likeness (QED) is 0.769. The predicted molar refractivity (Wildman–Crippen MR) is 93.6 cm³/mol. The van der Waals surface area contributed by atoms with Crippen LogP contribution in [0.5, 0.6) is 0 Å². The van der Waals surface area contributed by atoms with E-state index in [1.165, 1.54) is 11.3 Å². The Morgan fingerprint density at radius 1 is 1.28 bits per heavy atom. The van der Waals surface area contributed by atoms with Gasteiger partial charge in [0, 0.05) is 5.92 Å². The molecule has 130 valence electrons. The minimum atomic E-state index is -0.961. The molecule has 0 spiro atoms. The van der Waals surface area contributed by atoms with Crippen molar-refractivity contribution in [1.29, 1.82) is 0 Å². The lowest BCUT2D eigenvalue weighted by molar-refractivity contribution is -0.122. The van der Waals surface area contributed by atoms with Crippen LogP contribution in [-0.2, 0) is 9.59 Å². The van der Waals surface area contributed by atoms with Crippen molar-refractivity contribution in [2.24, 2.45) is 0 Å². The highest BCUT2D eigenvalue weighted by Crippen LogP contribution is 2.23. The molecular weight excluding hydrogens is 342 g/mol. The minimum Gasteiger partial charge on any atom is -0.340 e. The summed E-state index contributed by atoms with van der Waals surface area (Å²) in [4.78, 5) is 36.7. The molecule has 1 aliphatic heterocycles. The van der Waals surface area contributed by atoms with Crippen LogP contribution in [0.1, 0.15) is 41.6 Å². The Hall–Kier alpha value is -2.81. The summed E-state index contributed by atoms with van der Waals surface area (Å²) in [6.45, 7) is 3.96. The number of para-hydroxylation sites is 1. The lowest BCUT2D eigenvalue weighted by atomic mass is 10.1. The number of nitrogens with one attached hydrogen (secondary N) is 3. The van der Waals surface area contributed by atoms with Gasteiger partial charge in [-0.15, -0.1) is 10.2 Å². The van der Waals surface area contributed by atoms with Gasteiger partial charge in [-0.1, -0.05) is 37.3 Å². The van der Waals surface area contributed by atoms with Crippen molar-refractivity contribution in [3.05, 3.63) is 34.8 Å². The number of benzene rings is 1. The molecule has 1 atom stereocenters. The van der Waals surface area contributed by atoms with Gasteiger partial charge in [0.05, 0.1) is 17.7 Å². The first-order valence-electron chi connectivity index (χ1n) is 7.78. The van der Waals surface area contributed by atoms with E-state index in [-0.39, 0.29) is 12.3 Å². The first-order chi connectivity index (χ1) is 11.9. The predicted octanol–water partition coefficient (Wildman–Crippen LogP) is 1.74. The second-order valence-corrected chi connectivity index (χ2v) is 6.92. The van der Waals surface area contributed by atoms with Crippen LogP contribution in [0.4, 0.5) is 10.8 Å². The number of carbonyl (C=O) groups excluding carboxylic acids is 3. The number of carbonyl (C=O) groups is 3. The molecule has 1 aromatic heterocycles. The monoisotopic (exact) mass is 359 g/mol. The Bertz CT molecular complexity index is 833. The van der Waals surface area contributed by atoms with Crippen molar-refractivity contribution >= 4 is 39.9 Å². The van der Waals surface area contributed by atoms with Crippen LogP contribution in [0.2, 0.25) is 0 Å². The molecule has 1 aromatic carbocycles. The SMILES string of the molecule is CC(C)c1nnc(NC(=O)C[C@H]2NC(=O)c3ccccc3NC2=O)s1. The maximum Gasteiger partial charge on any atom is 0.254 e. The van der Waals surface area contributed by atoms with E-state index in [0.717, 1.165) is 5.01 Å². The number of hydrogen-bond acceptors (Lipinski definition) is 6. The Morgan fingerprint density at radius 3 is 2.76 bits per heavy atom. The van der Waals surface area contributed by atoms with Gasteiger partial charge < -0.3 is 16.0 Å². The average Bonchev–Trinajstić information content (AvgIpc) is 2.98. The highest BCUT2D eigenvalue weighted by molar-refractivity contribution is 7.15. The zero-order valence-electron chi connectivity index (χ0n) is 13.7. The van der Waals surface area contributed by atoms with E-state index in [9.17, 15) is 14.4 Å². The Balaban J connectivity index is 1.67. The fourth-order valence-electron chi connectivity index (χ4n) is 2.33. The molecule has 0 saturated heterocycles. The Labute approximate surface area is 148 Å². The van der Waals surface area contributed by atoms with Crippen LogP contribution >= 0.6 is 11.3 Å². The number of nitrogens with zero attached hydrogens (tertiary/aromatic N) is 2. The molecule has 2 aromatic rings. The third kappa shape index (κ3) is 3.82. The van der Waals surface area contributed by atoms with Crippen LogP contribution in [0, 0.1) is 0 Å². The zero-order chi connectivity index (χ0) is 18.0. The Morgan fingerprint density at radius 2 is 2.04 bits per heavy atom. The maximum absolute atomic E-state index is 12.3. The molecule has 0 radical (unpaired) electrons. The molecule has 0 aliphatic carbocycles. The van der Waals surface area contributed by atoms with Gasteiger partial charge in [0.25, 0.3) is 5.91 Å². The van der Waals surface area contributed by atoms with E-state index in [0.29, 0.717) is 16.4 Å². The van der Waals surface area contributed by atoms with Gasteiger partial charge in [-0.05, 0) is 12.1 Å². The van der Waals surface area contributed by atoms with Gasteiger partial charge in [0.2, 0.25) is 16.9 Å². The van der Waals surface area contributed by atoms with Crippen molar-refractivity contribution in [3.8, 4) is 0 Å². The fourth-order valence-corrected chi connectivity index (χ4v) is 3.09. The molecule has 1 aliphatic rings. The number of fused-ring (bicyclic) bond motifs is 1. The van der Waals surface area contributed by atoms with Crippen molar-refractivity contribution in [3.63, 3.8) is 0 Å². The van der Waals surface area contributed by atoms with Gasteiger partial charge in [0.1, 0.15) is 11.0 Å². The zero-order valence-corrected chi connectivity index (χ0v) is 14.5. The van der Waals surface area contributed by atoms with Gasteiger partial charge in [-0.2, -0.15) is 0 Å². The van der Waals surface area contributed by atoms with Crippen LogP contribution in [0.25, 0.3) is 0 Å². The van der Waals surface area contributed by atoms with Crippen LogP contribution < -0.4 is 16.0 Å². The van der Waals surface area contributed by atoms with Crippen molar-refractivity contribution < 1.29 is 14.4 Å². The second kappa shape index (κ2) is 6.98. The third-order valence-corrected chi connectivity index (χ3v) is 4.76. The summed E-state index contributed by atoms with van der Waals surface area (Å²) in [5, 5.41) is 16.9. The van der Waals surface area contributed by atoms with Crippen molar-refractivity contribution in [2.75, 3.05) is 10.6 Å². The van der Waals surface area contributed by atoms with E-state index in [4.69, 9.17) is 0 Å². The van der Waals surface area contributed by atoms with Gasteiger partial charge in [-0.3, -0.25) is 14.4 Å². The molecule has 3 amide bonds. The summed E-state index contributed by atoms with van der Waals surface area (Å²) in [5.74, 6) is -1.04. The lowest BCUT2D eigenvalue weighted by Crippen LogP contribution is -2.43. The van der Waals surface area contributed by atoms with Crippen molar-refractivity contribution in [1.82, 2.24) is 15.5 Å². The van der Waals surface area contributed by atoms with Gasteiger partial charge in [0.15, 0.2) is 0 Å². The van der Waals surface area contributed by atoms with E-state index in [1.54, 1.807) is 24.3 Å². The summed E-state index contributed by atoms with van der Waals surface area (Å²) < 4.78 is 0. The number of amides is 3. The normalized spacial score (nSPS) is 16.7. The summed E-state index contributed by atoms with van der Waals surface area (Å²) in [6.07, 6.45) is -0.192. The number of aromatic nitrogens is 2. The van der Waals surface area contributed by atoms with Crippen LogP contribution in [-0.4, -0.2) is 34.0 Å². The lowest BCUT2D eigenvalue weighted by Gasteiger charge is -2.13. The van der Waals surface area contributed by atoms with E-state index < -0.39 is 23.8 Å². The molecule has 0 fully saturated rings. The van der Waals surface area contributed by atoms with Crippen LogP contribution in [0.3, 0.4) is 0 Å². The van der Waals surface area contributed by atoms with E-state index >= 15 is 0 Å². The summed E-state index contributed by atoms with van der Waals surface area (Å²) in [6, 6.07) is 5.73. The highest BCUT2D eigenvalue weighted by atomic mass is 32.1.